The van der Waals surface area contributed by atoms with E-state index in [4.69, 9.17) is 0 Å². The molecule has 1 fully saturated rings. The number of hydrogen-bond donors (Lipinski definition) is 1. The Balaban J connectivity index is 2.26. The summed E-state index contributed by atoms with van der Waals surface area (Å²) in [6, 6.07) is 1.56. The van der Waals surface area contributed by atoms with Gasteiger partial charge in [0.25, 0.3) is 5.69 Å². The van der Waals surface area contributed by atoms with E-state index >= 15 is 0 Å². The van der Waals surface area contributed by atoms with Crippen molar-refractivity contribution in [3.05, 3.63) is 33.9 Å². The van der Waals surface area contributed by atoms with Gasteiger partial charge in [-0.2, -0.15) is 0 Å². The lowest BCUT2D eigenvalue weighted by Crippen LogP contribution is -2.39. The highest BCUT2D eigenvalue weighted by atomic mass is 19.1. The van der Waals surface area contributed by atoms with Crippen LogP contribution in [0.4, 0.5) is 20.2 Å². The van der Waals surface area contributed by atoms with Crippen LogP contribution in [0, 0.1) is 27.7 Å². The number of halogens is 2. The number of benzene rings is 1. The first-order chi connectivity index (χ1) is 9.52. The predicted octanol–water partition coefficient (Wildman–Crippen LogP) is 2.31. The summed E-state index contributed by atoms with van der Waals surface area (Å²) in [6.07, 6.45) is 1.86. The van der Waals surface area contributed by atoms with Gasteiger partial charge in [-0.15, -0.1) is 0 Å². The van der Waals surface area contributed by atoms with E-state index in [0.717, 1.165) is 31.5 Å². The lowest BCUT2D eigenvalue weighted by atomic mass is 9.97. The average molecular weight is 285 g/mol. The number of nitrogens with one attached hydrogen (secondary N) is 1. The van der Waals surface area contributed by atoms with E-state index < -0.39 is 22.2 Å². The van der Waals surface area contributed by atoms with Crippen LogP contribution in [0.15, 0.2) is 12.1 Å². The molecule has 1 aliphatic rings. The fourth-order valence-corrected chi connectivity index (χ4v) is 2.68. The molecule has 0 radical (unpaired) electrons. The van der Waals surface area contributed by atoms with E-state index in [1.807, 2.05) is 7.05 Å². The van der Waals surface area contributed by atoms with Gasteiger partial charge < -0.3 is 10.2 Å². The van der Waals surface area contributed by atoms with Crippen LogP contribution in [-0.4, -0.2) is 31.6 Å². The molecule has 1 atom stereocenters. The van der Waals surface area contributed by atoms with E-state index in [9.17, 15) is 18.9 Å². The highest BCUT2D eigenvalue weighted by Crippen LogP contribution is 2.31. The van der Waals surface area contributed by atoms with Gasteiger partial charge in [0.2, 0.25) is 0 Å². The van der Waals surface area contributed by atoms with Crippen LogP contribution in [0.25, 0.3) is 0 Å². The Hall–Kier alpha value is -1.76. The second kappa shape index (κ2) is 6.13. The number of nitrogens with zero attached hydrogens (tertiary/aromatic N) is 2. The summed E-state index contributed by atoms with van der Waals surface area (Å²) in [6.45, 7) is 1.89. The summed E-state index contributed by atoms with van der Waals surface area (Å²) in [7, 11) is 1.84. The smallest absolute Gasteiger partial charge is 0.275 e. The molecule has 5 nitrogen and oxygen atoms in total. The van der Waals surface area contributed by atoms with Crippen LogP contribution < -0.4 is 10.2 Å². The predicted molar refractivity (Wildman–Crippen MR) is 71.9 cm³/mol. The summed E-state index contributed by atoms with van der Waals surface area (Å²) in [5.74, 6) is -1.42. The maximum absolute atomic E-state index is 14.0. The molecule has 1 aromatic carbocycles. The minimum Gasteiger partial charge on any atom is -0.366 e. The number of anilines is 1. The van der Waals surface area contributed by atoms with Gasteiger partial charge in [-0.05, 0) is 32.4 Å². The third kappa shape index (κ3) is 3.04. The molecule has 1 aliphatic heterocycles. The molecule has 0 aliphatic carbocycles. The van der Waals surface area contributed by atoms with Gasteiger partial charge >= 0.3 is 0 Å². The van der Waals surface area contributed by atoms with Crippen molar-refractivity contribution in [3.63, 3.8) is 0 Å². The highest BCUT2D eigenvalue weighted by Gasteiger charge is 2.26. The summed E-state index contributed by atoms with van der Waals surface area (Å²) in [5.41, 5.74) is -0.719. The summed E-state index contributed by atoms with van der Waals surface area (Å²) < 4.78 is 27.9. The Bertz CT molecular complexity index is 485. The maximum Gasteiger partial charge on any atom is 0.275 e. The number of non-ortho nitro benzene ring substituents is 1. The summed E-state index contributed by atoms with van der Waals surface area (Å²) in [4.78, 5) is 11.4. The molecule has 0 bridgehead atoms. The van der Waals surface area contributed by atoms with Crippen molar-refractivity contribution in [1.82, 2.24) is 5.32 Å². The van der Waals surface area contributed by atoms with Crippen LogP contribution in [0.2, 0.25) is 0 Å². The van der Waals surface area contributed by atoms with Crippen LogP contribution in [0.5, 0.6) is 0 Å². The monoisotopic (exact) mass is 285 g/mol. The van der Waals surface area contributed by atoms with Crippen molar-refractivity contribution in [2.45, 2.75) is 12.8 Å². The molecule has 0 aromatic heterocycles. The topological polar surface area (TPSA) is 58.4 Å². The van der Waals surface area contributed by atoms with E-state index in [2.05, 4.69) is 5.32 Å². The van der Waals surface area contributed by atoms with E-state index in [1.54, 1.807) is 4.90 Å². The van der Waals surface area contributed by atoms with E-state index in [1.165, 1.54) is 0 Å². The molecule has 1 heterocycles. The van der Waals surface area contributed by atoms with E-state index in [-0.39, 0.29) is 5.69 Å². The number of nitro benzene ring substituents is 1. The highest BCUT2D eigenvalue weighted by molar-refractivity contribution is 5.54. The largest absolute Gasteiger partial charge is 0.366 e. The Morgan fingerprint density at radius 2 is 2.10 bits per heavy atom. The van der Waals surface area contributed by atoms with Crippen molar-refractivity contribution in [1.29, 1.82) is 0 Å². The molecule has 20 heavy (non-hydrogen) atoms. The molecule has 110 valence electrons. The first-order valence-corrected chi connectivity index (χ1v) is 6.56. The number of piperidine rings is 1. The van der Waals surface area contributed by atoms with Gasteiger partial charge in [-0.3, -0.25) is 10.1 Å². The van der Waals surface area contributed by atoms with E-state index in [0.29, 0.717) is 19.0 Å². The molecule has 1 N–H and O–H groups in total. The van der Waals surface area contributed by atoms with Gasteiger partial charge in [-0.25, -0.2) is 8.78 Å². The fourth-order valence-electron chi connectivity index (χ4n) is 2.68. The van der Waals surface area contributed by atoms with Crippen LogP contribution in [0.3, 0.4) is 0 Å². The zero-order valence-corrected chi connectivity index (χ0v) is 11.2. The van der Waals surface area contributed by atoms with Crippen molar-refractivity contribution < 1.29 is 13.7 Å². The summed E-state index contributed by atoms with van der Waals surface area (Å²) >= 11 is 0. The molecule has 0 amide bonds. The van der Waals surface area contributed by atoms with Crippen LogP contribution in [-0.2, 0) is 0 Å². The molecule has 0 saturated carbocycles. The first-order valence-electron chi connectivity index (χ1n) is 6.56. The first kappa shape index (κ1) is 14.6. The van der Waals surface area contributed by atoms with Gasteiger partial charge in [-0.1, -0.05) is 0 Å². The quantitative estimate of drug-likeness (QED) is 0.681. The molecule has 1 aromatic rings. The standard InChI is InChI=1S/C13H17F2N3O2/c1-16-7-9-3-2-4-17(8-9)13-11(14)5-10(18(19)20)6-12(13)15/h5-6,9,16H,2-4,7-8H2,1H3. The van der Waals surface area contributed by atoms with Crippen molar-refractivity contribution in [2.75, 3.05) is 31.6 Å². The lowest BCUT2D eigenvalue weighted by molar-refractivity contribution is -0.385. The second-order valence-electron chi connectivity index (χ2n) is 5.03. The lowest BCUT2D eigenvalue weighted by Gasteiger charge is -2.34. The van der Waals surface area contributed by atoms with Crippen molar-refractivity contribution >= 4 is 11.4 Å². The third-order valence-corrected chi connectivity index (χ3v) is 3.54. The normalized spacial score (nSPS) is 19.1. The summed E-state index contributed by atoms with van der Waals surface area (Å²) in [5, 5.41) is 13.6. The number of rotatable bonds is 4. The minimum absolute atomic E-state index is 0.156. The minimum atomic E-state index is -0.873. The Morgan fingerprint density at radius 1 is 1.45 bits per heavy atom. The molecule has 1 unspecified atom stereocenters. The van der Waals surface area contributed by atoms with Gasteiger partial charge in [0, 0.05) is 13.1 Å². The molecule has 1 saturated heterocycles. The zero-order chi connectivity index (χ0) is 14.7. The Kier molecular flexibility index (Phi) is 4.49. The van der Waals surface area contributed by atoms with Gasteiger partial charge in [0.15, 0.2) is 11.6 Å². The third-order valence-electron chi connectivity index (χ3n) is 3.54. The van der Waals surface area contributed by atoms with Crippen molar-refractivity contribution in [3.8, 4) is 0 Å². The fraction of sp³-hybridized carbons (Fsp3) is 0.538. The molecular weight excluding hydrogens is 268 g/mol. The van der Waals surface area contributed by atoms with Gasteiger partial charge in [0.1, 0.15) is 5.69 Å². The Morgan fingerprint density at radius 3 is 2.65 bits per heavy atom. The average Bonchev–Trinajstić information content (AvgIpc) is 2.38. The zero-order valence-electron chi connectivity index (χ0n) is 11.2. The Labute approximate surface area is 115 Å². The molecular formula is C13H17F2N3O2. The molecule has 2 rings (SSSR count). The SMILES string of the molecule is CNCC1CCCN(c2c(F)cc([N+](=O)[O-])cc2F)C1. The maximum atomic E-state index is 14.0. The number of nitro groups is 1. The van der Waals surface area contributed by atoms with Crippen LogP contribution in [0.1, 0.15) is 12.8 Å². The molecule has 7 heteroatoms. The van der Waals surface area contributed by atoms with Crippen molar-refractivity contribution in [2.24, 2.45) is 5.92 Å². The van der Waals surface area contributed by atoms with Crippen LogP contribution >= 0.6 is 0 Å². The van der Waals surface area contributed by atoms with Gasteiger partial charge in [0.05, 0.1) is 17.1 Å². The number of hydrogen-bond acceptors (Lipinski definition) is 4. The molecule has 0 spiro atoms. The second-order valence-corrected chi connectivity index (χ2v) is 5.03.